The number of ether oxygens (including phenoxy) is 2. The number of anilines is 1. The van der Waals surface area contributed by atoms with Crippen LogP contribution in [0.2, 0.25) is 0 Å². The number of carbonyl (C=O) groups excluding carboxylic acids is 1. The van der Waals surface area contributed by atoms with E-state index in [1.165, 1.54) is 0 Å². The summed E-state index contributed by atoms with van der Waals surface area (Å²) in [4.78, 5) is 22.2. The van der Waals surface area contributed by atoms with Crippen LogP contribution in [0.3, 0.4) is 0 Å². The van der Waals surface area contributed by atoms with Crippen LogP contribution in [0, 0.1) is 0 Å². The molecule has 2 aliphatic heterocycles. The summed E-state index contributed by atoms with van der Waals surface area (Å²) in [5, 5.41) is 2.95. The van der Waals surface area contributed by atoms with Gasteiger partial charge in [-0.3, -0.25) is 4.79 Å². The molecule has 5 rings (SSSR count). The Kier molecular flexibility index (Phi) is 6.68. The summed E-state index contributed by atoms with van der Waals surface area (Å²) in [6.07, 6.45) is 2.13. The van der Waals surface area contributed by atoms with Gasteiger partial charge in [-0.25, -0.2) is 4.99 Å². The monoisotopic (exact) mass is 470 g/mol. The molecule has 2 heterocycles. The van der Waals surface area contributed by atoms with Gasteiger partial charge in [-0.05, 0) is 69.4 Å². The number of hydrogen-bond acceptors (Lipinski definition) is 6. The number of amides is 1. The lowest BCUT2D eigenvalue weighted by Gasteiger charge is -2.37. The van der Waals surface area contributed by atoms with Crippen molar-refractivity contribution in [3.63, 3.8) is 0 Å². The van der Waals surface area contributed by atoms with E-state index in [9.17, 15) is 4.79 Å². The van der Waals surface area contributed by atoms with Crippen LogP contribution < -0.4 is 14.8 Å². The van der Waals surface area contributed by atoms with Crippen LogP contribution in [0.25, 0.3) is 0 Å². The molecule has 7 nitrogen and oxygen atoms in total. The quantitative estimate of drug-likeness (QED) is 0.574. The third kappa shape index (κ3) is 5.30. The van der Waals surface area contributed by atoms with E-state index in [1.54, 1.807) is 0 Å². The molecule has 1 amide bonds. The fourth-order valence-corrected chi connectivity index (χ4v) is 4.50. The van der Waals surface area contributed by atoms with E-state index in [0.29, 0.717) is 17.5 Å². The van der Waals surface area contributed by atoms with Crippen molar-refractivity contribution in [2.45, 2.75) is 18.9 Å². The molecular formula is C28H30N4O3. The summed E-state index contributed by atoms with van der Waals surface area (Å²) >= 11 is 0. The number of piperidine rings is 1. The van der Waals surface area contributed by atoms with Crippen molar-refractivity contribution in [3.05, 3.63) is 78.4 Å². The Balaban J connectivity index is 1.39. The number of amidine groups is 1. The van der Waals surface area contributed by atoms with E-state index in [0.717, 1.165) is 54.5 Å². The first-order valence-corrected chi connectivity index (χ1v) is 12.0. The number of likely N-dealkylation sites (tertiary alicyclic amines) is 1. The van der Waals surface area contributed by atoms with Gasteiger partial charge in [0.15, 0.2) is 12.4 Å². The minimum atomic E-state index is -0.225. The predicted molar refractivity (Wildman–Crippen MR) is 138 cm³/mol. The first-order valence-electron chi connectivity index (χ1n) is 12.0. The van der Waals surface area contributed by atoms with Gasteiger partial charge in [-0.2, -0.15) is 0 Å². The molecule has 1 fully saturated rings. The van der Waals surface area contributed by atoms with E-state index in [2.05, 4.69) is 29.2 Å². The van der Waals surface area contributed by atoms with Crippen molar-refractivity contribution in [2.24, 2.45) is 4.99 Å². The van der Waals surface area contributed by atoms with Crippen molar-refractivity contribution in [1.82, 2.24) is 9.80 Å². The fraction of sp³-hybridized carbons (Fsp3) is 0.286. The SMILES string of the molecule is CN(C)C1CCN(C2=Nc3ccccc3Oc3ccc(NC(=O)COc4ccccc4)cc32)CC1. The summed E-state index contributed by atoms with van der Waals surface area (Å²) in [7, 11) is 4.28. The summed E-state index contributed by atoms with van der Waals surface area (Å²) in [5.41, 5.74) is 2.34. The second kappa shape index (κ2) is 10.2. The molecule has 180 valence electrons. The Morgan fingerprint density at radius 1 is 1.03 bits per heavy atom. The second-order valence-electron chi connectivity index (χ2n) is 9.05. The molecule has 0 saturated carbocycles. The van der Waals surface area contributed by atoms with Crippen LogP contribution >= 0.6 is 0 Å². The Morgan fingerprint density at radius 2 is 1.77 bits per heavy atom. The van der Waals surface area contributed by atoms with Gasteiger partial charge in [0.2, 0.25) is 0 Å². The van der Waals surface area contributed by atoms with Crippen LogP contribution in [-0.4, -0.2) is 61.4 Å². The lowest BCUT2D eigenvalue weighted by molar-refractivity contribution is -0.118. The van der Waals surface area contributed by atoms with Crippen molar-refractivity contribution in [1.29, 1.82) is 0 Å². The van der Waals surface area contributed by atoms with Crippen molar-refractivity contribution in [3.8, 4) is 17.2 Å². The highest BCUT2D eigenvalue weighted by Crippen LogP contribution is 2.39. The van der Waals surface area contributed by atoms with Gasteiger partial charge in [0, 0.05) is 24.8 Å². The minimum Gasteiger partial charge on any atom is -0.484 e. The highest BCUT2D eigenvalue weighted by molar-refractivity contribution is 6.05. The molecule has 2 aliphatic rings. The molecule has 1 N–H and O–H groups in total. The molecule has 0 bridgehead atoms. The lowest BCUT2D eigenvalue weighted by Crippen LogP contribution is -2.44. The molecule has 1 saturated heterocycles. The van der Waals surface area contributed by atoms with E-state index >= 15 is 0 Å². The average Bonchev–Trinajstić information content (AvgIpc) is 3.05. The van der Waals surface area contributed by atoms with Gasteiger partial charge in [0.05, 0.1) is 5.56 Å². The molecule has 35 heavy (non-hydrogen) atoms. The molecule has 3 aromatic rings. The zero-order valence-electron chi connectivity index (χ0n) is 20.1. The van der Waals surface area contributed by atoms with Crippen molar-refractivity contribution >= 4 is 23.1 Å². The number of hydrogen-bond donors (Lipinski definition) is 1. The third-order valence-electron chi connectivity index (χ3n) is 6.42. The van der Waals surface area contributed by atoms with Gasteiger partial charge in [0.25, 0.3) is 5.91 Å². The maximum Gasteiger partial charge on any atom is 0.262 e. The van der Waals surface area contributed by atoms with E-state index in [-0.39, 0.29) is 12.5 Å². The molecule has 3 aromatic carbocycles. The summed E-state index contributed by atoms with van der Waals surface area (Å²) in [5.74, 6) is 2.75. The maximum absolute atomic E-state index is 12.6. The fourth-order valence-electron chi connectivity index (χ4n) is 4.50. The van der Waals surface area contributed by atoms with Crippen LogP contribution in [0.5, 0.6) is 17.2 Å². The van der Waals surface area contributed by atoms with Crippen LogP contribution in [-0.2, 0) is 4.79 Å². The molecule has 0 atom stereocenters. The van der Waals surface area contributed by atoms with E-state index < -0.39 is 0 Å². The number of aliphatic imine (C=N–C) groups is 1. The van der Waals surface area contributed by atoms with Gasteiger partial charge in [-0.15, -0.1) is 0 Å². The number of benzene rings is 3. The minimum absolute atomic E-state index is 0.0674. The van der Waals surface area contributed by atoms with Crippen LogP contribution in [0.1, 0.15) is 18.4 Å². The number of carbonyl (C=O) groups is 1. The molecule has 0 aliphatic carbocycles. The topological polar surface area (TPSA) is 66.4 Å². The number of rotatable bonds is 5. The van der Waals surface area contributed by atoms with Crippen LogP contribution in [0.4, 0.5) is 11.4 Å². The van der Waals surface area contributed by atoms with Crippen LogP contribution in [0.15, 0.2) is 77.8 Å². The highest BCUT2D eigenvalue weighted by atomic mass is 16.5. The Bertz CT molecular complexity index is 1220. The van der Waals surface area contributed by atoms with Gasteiger partial charge < -0.3 is 24.6 Å². The van der Waals surface area contributed by atoms with Gasteiger partial charge >= 0.3 is 0 Å². The zero-order chi connectivity index (χ0) is 24.2. The Morgan fingerprint density at radius 3 is 2.54 bits per heavy atom. The first-order chi connectivity index (χ1) is 17.1. The maximum atomic E-state index is 12.6. The first kappa shape index (κ1) is 22.9. The number of fused-ring (bicyclic) bond motifs is 2. The van der Waals surface area contributed by atoms with Gasteiger partial charge in [0.1, 0.15) is 23.0 Å². The number of para-hydroxylation sites is 3. The zero-order valence-corrected chi connectivity index (χ0v) is 20.1. The van der Waals surface area contributed by atoms with Gasteiger partial charge in [-0.1, -0.05) is 30.3 Å². The van der Waals surface area contributed by atoms with Crippen molar-refractivity contribution < 1.29 is 14.3 Å². The predicted octanol–water partition coefficient (Wildman–Crippen LogP) is 4.91. The standard InChI is InChI=1S/C28H30N4O3/c1-31(2)21-14-16-32(17-15-21)28-23-18-20(29-27(33)19-34-22-8-4-3-5-9-22)12-13-25(23)35-26-11-7-6-10-24(26)30-28/h3-13,18,21H,14-17,19H2,1-2H3,(H,29,33). The molecule has 0 unspecified atom stereocenters. The van der Waals surface area contributed by atoms with E-state index in [4.69, 9.17) is 14.5 Å². The summed E-state index contributed by atoms with van der Waals surface area (Å²) in [6.45, 7) is 1.75. The molecular weight excluding hydrogens is 440 g/mol. The molecule has 0 spiro atoms. The molecule has 0 aromatic heterocycles. The molecule has 7 heteroatoms. The third-order valence-corrected chi connectivity index (χ3v) is 6.42. The highest BCUT2D eigenvalue weighted by Gasteiger charge is 2.27. The van der Waals surface area contributed by atoms with Crippen molar-refractivity contribution in [2.75, 3.05) is 39.1 Å². The Labute approximate surface area is 206 Å². The number of nitrogens with zero attached hydrogens (tertiary/aromatic N) is 3. The van der Waals surface area contributed by atoms with E-state index in [1.807, 2.05) is 72.8 Å². The summed E-state index contributed by atoms with van der Waals surface area (Å²) < 4.78 is 11.8. The smallest absolute Gasteiger partial charge is 0.262 e. The average molecular weight is 471 g/mol. The largest absolute Gasteiger partial charge is 0.484 e. The normalized spacial score (nSPS) is 15.4. The number of nitrogens with one attached hydrogen (secondary N) is 1. The second-order valence-corrected chi connectivity index (χ2v) is 9.05. The summed E-state index contributed by atoms with van der Waals surface area (Å²) in [6, 6.07) is 23.4. The lowest BCUT2D eigenvalue weighted by atomic mass is 10.0. The Hall–Kier alpha value is -3.84. The molecule has 0 radical (unpaired) electrons.